The summed E-state index contributed by atoms with van der Waals surface area (Å²) in [5.41, 5.74) is 13.2. The number of primary amides is 1. The van der Waals surface area contributed by atoms with Crippen LogP contribution in [-0.4, -0.2) is 165 Å². The second-order valence-electron chi connectivity index (χ2n) is 19.4. The Morgan fingerprint density at radius 1 is 0.785 bits per heavy atom. The van der Waals surface area contributed by atoms with Crippen LogP contribution in [0.5, 0.6) is 0 Å². The molecule has 0 unspecified atom stereocenters. The maximum absolute atomic E-state index is 14.9. The normalized spacial score (nSPS) is 22.7. The Labute approximate surface area is 454 Å². The number of nitrogens with one attached hydrogen (secondary N) is 12. The Balaban J connectivity index is 1.40. The fraction of sp³-hybridized carbons (Fsp3) is 0.462. The molecule has 4 aromatic rings. The molecule has 424 valence electrons. The van der Waals surface area contributed by atoms with Crippen molar-refractivity contribution in [2.45, 2.75) is 126 Å². The summed E-state index contributed by atoms with van der Waals surface area (Å²) in [5, 5.41) is 42.1. The van der Waals surface area contributed by atoms with Crippen LogP contribution in [0, 0.1) is 5.41 Å². The van der Waals surface area contributed by atoms with E-state index in [4.69, 9.17) is 16.9 Å². The average Bonchev–Trinajstić information content (AvgIpc) is 4.24. The third-order valence-corrected chi connectivity index (χ3v) is 13.5. The molecule has 79 heavy (non-hydrogen) atoms. The Hall–Kier alpha value is -8.88. The molecule has 0 saturated carbocycles. The van der Waals surface area contributed by atoms with Crippen LogP contribution in [0.2, 0.25) is 0 Å². The van der Waals surface area contributed by atoms with Crippen molar-refractivity contribution in [2.75, 3.05) is 26.2 Å². The van der Waals surface area contributed by atoms with E-state index in [9.17, 15) is 53.1 Å². The molecular weight excluding hydrogens is 1020 g/mol. The van der Waals surface area contributed by atoms with Crippen LogP contribution < -0.4 is 59.3 Å². The van der Waals surface area contributed by atoms with Crippen LogP contribution in [0.3, 0.4) is 0 Å². The fourth-order valence-corrected chi connectivity index (χ4v) is 9.42. The minimum atomic E-state index is -1.66. The van der Waals surface area contributed by atoms with Crippen molar-refractivity contribution in [1.29, 1.82) is 5.41 Å². The van der Waals surface area contributed by atoms with Crippen molar-refractivity contribution < 1.29 is 53.1 Å². The predicted octanol–water partition coefficient (Wildman–Crippen LogP) is -3.25. The van der Waals surface area contributed by atoms with Gasteiger partial charge in [0.25, 0.3) is 0 Å². The zero-order valence-corrected chi connectivity index (χ0v) is 43.7. The van der Waals surface area contributed by atoms with Crippen LogP contribution in [-0.2, 0) is 67.2 Å². The molecule has 2 aromatic heterocycles. The Bertz CT molecular complexity index is 2810. The molecule has 27 heteroatoms. The van der Waals surface area contributed by atoms with Gasteiger partial charge in [0.15, 0.2) is 5.96 Å². The zero-order chi connectivity index (χ0) is 57.0. The first kappa shape index (κ1) is 59.4. The van der Waals surface area contributed by atoms with E-state index in [0.717, 1.165) is 4.90 Å². The highest BCUT2D eigenvalue weighted by Gasteiger charge is 2.41. The lowest BCUT2D eigenvalue weighted by atomic mass is 10.0. The van der Waals surface area contributed by atoms with Gasteiger partial charge in [-0.15, -0.1) is 0 Å². The van der Waals surface area contributed by atoms with Gasteiger partial charge in [-0.2, -0.15) is 0 Å². The van der Waals surface area contributed by atoms with Crippen LogP contribution in [0.15, 0.2) is 73.3 Å². The second kappa shape index (κ2) is 29.0. The van der Waals surface area contributed by atoms with Crippen molar-refractivity contribution >= 4 is 75.9 Å². The molecule has 2 aliphatic rings. The number of rotatable bonds is 16. The molecule has 0 aliphatic carbocycles. The molecular formula is C52H70N16O11. The zero-order valence-electron chi connectivity index (χ0n) is 43.7. The largest absolute Gasteiger partial charge is 0.394 e. The number of carbonyl (C=O) groups excluding carboxylic acids is 10. The van der Waals surface area contributed by atoms with Crippen molar-refractivity contribution in [3.8, 4) is 0 Å². The van der Waals surface area contributed by atoms with Crippen LogP contribution in [0.1, 0.15) is 75.1 Å². The van der Waals surface area contributed by atoms with Gasteiger partial charge in [-0.3, -0.25) is 53.4 Å². The molecule has 17 N–H and O–H groups in total. The van der Waals surface area contributed by atoms with Gasteiger partial charge in [-0.05, 0) is 62.1 Å². The smallest absolute Gasteiger partial charge is 0.246 e. The van der Waals surface area contributed by atoms with Crippen molar-refractivity contribution in [3.05, 3.63) is 90.1 Å². The van der Waals surface area contributed by atoms with Crippen LogP contribution in [0.4, 0.5) is 0 Å². The van der Waals surface area contributed by atoms with E-state index in [2.05, 4.69) is 62.8 Å². The summed E-state index contributed by atoms with van der Waals surface area (Å²) in [6.07, 6.45) is 4.44. The van der Waals surface area contributed by atoms with Crippen molar-refractivity contribution in [3.63, 3.8) is 0 Å². The van der Waals surface area contributed by atoms with E-state index in [1.165, 1.54) is 19.4 Å². The maximum Gasteiger partial charge on any atom is 0.246 e. The monoisotopic (exact) mass is 1090 g/mol. The fourth-order valence-electron chi connectivity index (χ4n) is 9.42. The first-order valence-electron chi connectivity index (χ1n) is 26.1. The molecule has 2 aromatic carbocycles. The number of guanidine groups is 1. The Morgan fingerprint density at radius 3 is 2.13 bits per heavy atom. The first-order valence-corrected chi connectivity index (χ1v) is 26.1. The number of imidazole rings is 1. The summed E-state index contributed by atoms with van der Waals surface area (Å²) >= 11 is 0. The summed E-state index contributed by atoms with van der Waals surface area (Å²) in [6, 6.07) is 4.67. The maximum atomic E-state index is 14.9. The number of hydrogen-bond donors (Lipinski definition) is 15. The second-order valence-corrected chi connectivity index (χ2v) is 19.4. The molecule has 2 saturated heterocycles. The average molecular weight is 1100 g/mol. The number of H-pyrrole nitrogens is 2. The van der Waals surface area contributed by atoms with E-state index in [1.807, 2.05) is 0 Å². The standard InChI is InChI=1S/C52H70N16O11/c1-29(70)61-35-15-7-8-18-57-43(71)24-40(51(79)68-20-10-17-42(68)50(78)67-41(27-69)44(53)72)66-48(76)38(22-31-25-59-34-14-6-5-13-33(31)34)64-46(74)36(16-9-19-58-52(54)55)62-47(75)37(21-30-11-3-2-4-12-30)63-49(77)39(65-45(35)73)23-32-26-56-28-60-32/h2-6,11-14,25-26,28,35-42,59,69H,7-10,15-24,27H2,1H3,(H2,53,72)(H,56,60)(H,57,71)(H,61,70)(H,62,75)(H,63,77)(H,64,74)(H,65,73)(H,66,76)(H,67,78)(H4,54,55,58)/t35-,36-,37+,38-,39-,40-,41-,42-/m0/s1. The summed E-state index contributed by atoms with van der Waals surface area (Å²) in [6.45, 7) is 0.485. The predicted molar refractivity (Wildman–Crippen MR) is 285 cm³/mol. The molecule has 8 atom stereocenters. The molecule has 10 amide bonds. The summed E-state index contributed by atoms with van der Waals surface area (Å²) in [7, 11) is 0. The number of para-hydroxylation sites is 1. The van der Waals surface area contributed by atoms with E-state index < -0.39 is 120 Å². The van der Waals surface area contributed by atoms with Gasteiger partial charge in [0, 0.05) is 69.1 Å². The number of hydrogen-bond acceptors (Lipinski definition) is 13. The number of amides is 10. The van der Waals surface area contributed by atoms with Crippen LogP contribution in [0.25, 0.3) is 10.9 Å². The van der Waals surface area contributed by atoms with Gasteiger partial charge in [-0.1, -0.05) is 48.5 Å². The number of nitrogens with zero attached hydrogens (tertiary/aromatic N) is 2. The molecule has 27 nitrogen and oxygen atoms in total. The highest BCUT2D eigenvalue weighted by atomic mass is 16.3. The number of aromatic amines is 2. The van der Waals surface area contributed by atoms with Gasteiger partial charge >= 0.3 is 0 Å². The van der Waals surface area contributed by atoms with Gasteiger partial charge in [0.2, 0.25) is 59.1 Å². The number of benzene rings is 2. The number of likely N-dealkylation sites (tertiary alicyclic amines) is 1. The molecule has 2 aliphatic heterocycles. The highest BCUT2D eigenvalue weighted by molar-refractivity contribution is 6.00. The summed E-state index contributed by atoms with van der Waals surface area (Å²) < 4.78 is 0. The van der Waals surface area contributed by atoms with Gasteiger partial charge in [-0.25, -0.2) is 4.98 Å². The lowest BCUT2D eigenvalue weighted by Gasteiger charge is -2.30. The molecule has 2 fully saturated rings. The van der Waals surface area contributed by atoms with E-state index in [0.29, 0.717) is 34.1 Å². The quantitative estimate of drug-likeness (QED) is 0.0298. The lowest BCUT2D eigenvalue weighted by molar-refractivity contribution is -0.143. The first-order chi connectivity index (χ1) is 37.9. The molecule has 6 rings (SSSR count). The van der Waals surface area contributed by atoms with Gasteiger partial charge < -0.3 is 79.3 Å². The Morgan fingerprint density at radius 2 is 1.44 bits per heavy atom. The van der Waals surface area contributed by atoms with E-state index >= 15 is 0 Å². The molecule has 0 spiro atoms. The lowest BCUT2D eigenvalue weighted by Crippen LogP contribution is -2.61. The SMILES string of the molecule is CC(=O)N[C@H]1CCCCNC(=O)C[C@@H](C(=O)N2CCC[C@H]2C(=O)N[C@@H](CO)C(N)=O)NC(=O)[C@H](Cc2c[nH]c3ccccc23)NC(=O)[C@H](CCCNC(=N)N)NC(=O)[C@@H](Cc2ccccc2)NC(=O)[C@H](Cc2c[nH]cn2)NC1=O. The van der Waals surface area contributed by atoms with Gasteiger partial charge in [0.05, 0.1) is 25.0 Å². The number of fused-ring (bicyclic) bond motifs is 1. The topological polar surface area (TPSA) is 423 Å². The number of nitrogens with two attached hydrogens (primary N) is 2. The Kier molecular flexibility index (Phi) is 21.8. The summed E-state index contributed by atoms with van der Waals surface area (Å²) in [5.74, 6) is -8.48. The molecule has 0 radical (unpaired) electrons. The minimum absolute atomic E-state index is 0.000835. The van der Waals surface area contributed by atoms with Crippen molar-refractivity contribution in [1.82, 2.24) is 67.7 Å². The number of aliphatic hydroxyl groups is 1. The van der Waals surface area contributed by atoms with E-state index in [1.54, 1.807) is 60.8 Å². The number of aliphatic hydroxyl groups excluding tert-OH is 1. The number of carbonyl (C=O) groups is 10. The van der Waals surface area contributed by atoms with Crippen LogP contribution >= 0.6 is 0 Å². The molecule has 0 bridgehead atoms. The highest BCUT2D eigenvalue weighted by Crippen LogP contribution is 2.22. The number of aromatic nitrogens is 3. The van der Waals surface area contributed by atoms with Crippen molar-refractivity contribution in [2.24, 2.45) is 11.5 Å². The minimum Gasteiger partial charge on any atom is -0.394 e. The third-order valence-electron chi connectivity index (χ3n) is 13.5. The summed E-state index contributed by atoms with van der Waals surface area (Å²) in [4.78, 5) is 151. The van der Waals surface area contributed by atoms with E-state index in [-0.39, 0.29) is 83.4 Å². The molecule has 4 heterocycles. The third kappa shape index (κ3) is 17.6. The van der Waals surface area contributed by atoms with Gasteiger partial charge in [0.1, 0.15) is 48.3 Å².